The lowest BCUT2D eigenvalue weighted by molar-refractivity contribution is 0.229. The number of unbranched alkanes of at least 4 members (excludes halogenated alkanes) is 4. The molecule has 0 heterocycles. The fraction of sp³-hybridized carbons (Fsp3) is 0.778. The van der Waals surface area contributed by atoms with E-state index in [4.69, 9.17) is 16.3 Å². The zero-order valence-corrected chi connectivity index (χ0v) is 7.99. The predicted molar refractivity (Wildman–Crippen MR) is 49.7 cm³/mol. The van der Waals surface area contributed by atoms with Crippen molar-refractivity contribution in [1.29, 1.82) is 0 Å². The lowest BCUT2D eigenvalue weighted by atomic mass is 10.2. The number of rotatable bonds is 7. The van der Waals surface area contributed by atoms with Crippen LogP contribution in [0, 0.1) is 0 Å². The van der Waals surface area contributed by atoms with E-state index in [1.165, 1.54) is 25.7 Å². The monoisotopic (exact) mass is 176 g/mol. The molecule has 0 unspecified atom stereocenters. The summed E-state index contributed by atoms with van der Waals surface area (Å²) in [5.41, 5.74) is 0. The third kappa shape index (κ3) is 9.83. The van der Waals surface area contributed by atoms with Gasteiger partial charge in [0.2, 0.25) is 0 Å². The molecule has 0 rings (SSSR count). The molecule has 0 aliphatic rings. The fourth-order valence-corrected chi connectivity index (χ4v) is 0.966. The maximum atomic E-state index is 5.40. The van der Waals surface area contributed by atoms with Gasteiger partial charge in [0.05, 0.1) is 6.61 Å². The first-order valence-electron chi connectivity index (χ1n) is 4.24. The molecule has 1 nitrogen and oxygen atoms in total. The van der Waals surface area contributed by atoms with Crippen molar-refractivity contribution in [2.45, 2.75) is 39.0 Å². The largest absolute Gasteiger partial charge is 0.483 e. The van der Waals surface area contributed by atoms with Crippen LogP contribution in [0.5, 0.6) is 0 Å². The molecule has 0 spiro atoms. The highest BCUT2D eigenvalue weighted by atomic mass is 35.5. The van der Waals surface area contributed by atoms with E-state index >= 15 is 0 Å². The lowest BCUT2D eigenvalue weighted by Gasteiger charge is -2.02. The molecule has 0 N–H and O–H groups in total. The predicted octanol–water partition coefficient (Wildman–Crippen LogP) is 3.68. The van der Waals surface area contributed by atoms with Crippen LogP contribution in [0.25, 0.3) is 0 Å². The van der Waals surface area contributed by atoms with Crippen LogP contribution < -0.4 is 0 Å². The van der Waals surface area contributed by atoms with Crippen molar-refractivity contribution >= 4 is 11.6 Å². The van der Waals surface area contributed by atoms with Crippen LogP contribution in [0.3, 0.4) is 0 Å². The van der Waals surface area contributed by atoms with Gasteiger partial charge < -0.3 is 4.74 Å². The average Bonchev–Trinajstić information content (AvgIpc) is 1.96. The summed E-state index contributed by atoms with van der Waals surface area (Å²) >= 11 is 5.40. The molecule has 0 radical (unpaired) electrons. The maximum Gasteiger partial charge on any atom is 0.179 e. The lowest BCUT2D eigenvalue weighted by Crippen LogP contribution is -1.89. The Morgan fingerprint density at radius 3 is 2.45 bits per heavy atom. The summed E-state index contributed by atoms with van der Waals surface area (Å²) < 4.78 is 4.99. The van der Waals surface area contributed by atoms with Crippen LogP contribution in [0.4, 0.5) is 0 Å². The smallest absolute Gasteiger partial charge is 0.179 e. The van der Waals surface area contributed by atoms with Gasteiger partial charge in [-0.15, -0.1) is 0 Å². The second-order valence-corrected chi connectivity index (χ2v) is 3.04. The minimum Gasteiger partial charge on any atom is -0.483 e. The van der Waals surface area contributed by atoms with E-state index in [2.05, 4.69) is 13.5 Å². The van der Waals surface area contributed by atoms with Crippen molar-refractivity contribution in [1.82, 2.24) is 0 Å². The van der Waals surface area contributed by atoms with Gasteiger partial charge in [-0.2, -0.15) is 0 Å². The number of hydrogen-bond donors (Lipinski definition) is 0. The van der Waals surface area contributed by atoms with E-state index in [0.717, 1.165) is 6.42 Å². The van der Waals surface area contributed by atoms with Crippen LogP contribution in [0.1, 0.15) is 39.0 Å². The van der Waals surface area contributed by atoms with E-state index in [0.29, 0.717) is 11.8 Å². The standard InChI is InChI=1S/C9H17ClO/c1-3-4-5-6-7-8-11-9(2)10/h2-8H2,1H3. The molecule has 0 aromatic carbocycles. The van der Waals surface area contributed by atoms with Gasteiger partial charge in [-0.25, -0.2) is 0 Å². The topological polar surface area (TPSA) is 9.23 Å². The molecule has 0 aromatic rings. The molecule has 0 aliphatic carbocycles. The van der Waals surface area contributed by atoms with E-state index in [1.807, 2.05) is 0 Å². The summed E-state index contributed by atoms with van der Waals surface area (Å²) in [5.74, 6) is 0. The Labute approximate surface area is 74.4 Å². The van der Waals surface area contributed by atoms with Crippen LogP contribution in [-0.4, -0.2) is 6.61 Å². The molecule has 0 aromatic heterocycles. The molecule has 11 heavy (non-hydrogen) atoms. The van der Waals surface area contributed by atoms with Crippen molar-refractivity contribution in [3.05, 3.63) is 11.8 Å². The summed E-state index contributed by atoms with van der Waals surface area (Å²) in [5, 5.41) is 0.306. The van der Waals surface area contributed by atoms with Crippen molar-refractivity contribution in [2.24, 2.45) is 0 Å². The summed E-state index contributed by atoms with van der Waals surface area (Å²) in [6, 6.07) is 0. The fourth-order valence-electron chi connectivity index (χ4n) is 0.889. The second kappa shape index (κ2) is 7.93. The molecule has 0 saturated carbocycles. The molecule has 0 saturated heterocycles. The molecule has 0 atom stereocenters. The Balaban J connectivity index is 2.85. The van der Waals surface area contributed by atoms with Gasteiger partial charge in [0.15, 0.2) is 5.22 Å². The molecule has 0 aliphatic heterocycles. The molecule has 0 fully saturated rings. The summed E-state index contributed by atoms with van der Waals surface area (Å²) in [7, 11) is 0. The van der Waals surface area contributed by atoms with Crippen molar-refractivity contribution < 1.29 is 4.74 Å². The van der Waals surface area contributed by atoms with E-state index in [-0.39, 0.29) is 0 Å². The Bertz CT molecular complexity index is 102. The van der Waals surface area contributed by atoms with Crippen LogP contribution in [-0.2, 0) is 4.74 Å². The Morgan fingerprint density at radius 1 is 1.27 bits per heavy atom. The first-order valence-corrected chi connectivity index (χ1v) is 4.62. The molecule has 0 amide bonds. The third-order valence-corrected chi connectivity index (χ3v) is 1.62. The average molecular weight is 177 g/mol. The normalized spacial score (nSPS) is 9.64. The number of halogens is 1. The van der Waals surface area contributed by atoms with Gasteiger partial charge in [-0.3, -0.25) is 0 Å². The summed E-state index contributed by atoms with van der Waals surface area (Å²) in [6.07, 6.45) is 6.23. The first kappa shape index (κ1) is 10.8. The van der Waals surface area contributed by atoms with E-state index < -0.39 is 0 Å². The van der Waals surface area contributed by atoms with Gasteiger partial charge in [0, 0.05) is 0 Å². The van der Waals surface area contributed by atoms with Crippen LogP contribution in [0.15, 0.2) is 11.8 Å². The SMILES string of the molecule is C=C(Cl)OCCCCCCC. The maximum absolute atomic E-state index is 5.40. The van der Waals surface area contributed by atoms with E-state index in [9.17, 15) is 0 Å². The molecule has 2 heteroatoms. The van der Waals surface area contributed by atoms with Crippen molar-refractivity contribution in [3.8, 4) is 0 Å². The summed E-state index contributed by atoms with van der Waals surface area (Å²) in [4.78, 5) is 0. The van der Waals surface area contributed by atoms with Crippen LogP contribution in [0.2, 0.25) is 0 Å². The highest BCUT2D eigenvalue weighted by Gasteiger charge is 1.90. The Morgan fingerprint density at radius 2 is 1.91 bits per heavy atom. The molecular weight excluding hydrogens is 160 g/mol. The molecule has 0 bridgehead atoms. The highest BCUT2D eigenvalue weighted by molar-refractivity contribution is 6.27. The molecular formula is C9H17ClO. The second-order valence-electron chi connectivity index (χ2n) is 2.62. The molecule has 66 valence electrons. The zero-order chi connectivity index (χ0) is 8.53. The highest BCUT2D eigenvalue weighted by Crippen LogP contribution is 2.05. The van der Waals surface area contributed by atoms with Gasteiger partial charge >= 0.3 is 0 Å². The Hall–Kier alpha value is -0.170. The first-order chi connectivity index (χ1) is 5.27. The van der Waals surface area contributed by atoms with Gasteiger partial charge in [0.1, 0.15) is 0 Å². The number of ether oxygens (including phenoxy) is 1. The van der Waals surface area contributed by atoms with Gasteiger partial charge in [-0.05, 0) is 24.6 Å². The van der Waals surface area contributed by atoms with Gasteiger partial charge in [0.25, 0.3) is 0 Å². The van der Waals surface area contributed by atoms with Crippen LogP contribution >= 0.6 is 11.6 Å². The quantitative estimate of drug-likeness (QED) is 0.425. The van der Waals surface area contributed by atoms with Crippen molar-refractivity contribution in [2.75, 3.05) is 6.61 Å². The van der Waals surface area contributed by atoms with Gasteiger partial charge in [-0.1, -0.05) is 32.6 Å². The van der Waals surface area contributed by atoms with E-state index in [1.54, 1.807) is 0 Å². The summed E-state index contributed by atoms with van der Waals surface area (Å²) in [6.45, 7) is 6.35. The minimum absolute atomic E-state index is 0.306. The van der Waals surface area contributed by atoms with Crippen molar-refractivity contribution in [3.63, 3.8) is 0 Å². The minimum atomic E-state index is 0.306. The zero-order valence-electron chi connectivity index (χ0n) is 7.24. The Kier molecular flexibility index (Phi) is 7.81. The number of hydrogen-bond acceptors (Lipinski definition) is 1. The third-order valence-electron chi connectivity index (χ3n) is 1.51.